The number of hydrogen-bond donors (Lipinski definition) is 0. The van der Waals surface area contributed by atoms with Gasteiger partial charge in [0.05, 0.1) is 11.4 Å². The average molecular weight is 881 g/mol. The largest absolute Gasteiger partial charge is 0.457 e. The van der Waals surface area contributed by atoms with E-state index < -0.39 is 16.1 Å². The fourth-order valence-corrected chi connectivity index (χ4v) is 20.8. The van der Waals surface area contributed by atoms with Crippen molar-refractivity contribution in [3.63, 3.8) is 0 Å². The summed E-state index contributed by atoms with van der Waals surface area (Å²) >= 11 is 0. The number of fused-ring (bicyclic) bond motifs is 4. The van der Waals surface area contributed by atoms with Crippen LogP contribution in [0.4, 0.5) is 0 Å². The molecule has 0 bridgehead atoms. The van der Waals surface area contributed by atoms with E-state index in [0.717, 1.165) is 62.2 Å². The Morgan fingerprint density at radius 1 is 0.333 bits per heavy atom. The Morgan fingerprint density at radius 2 is 0.667 bits per heavy atom. The van der Waals surface area contributed by atoms with Crippen LogP contribution in [-0.2, 0) is 0 Å². The molecule has 3 heterocycles. The van der Waals surface area contributed by atoms with Crippen molar-refractivity contribution >= 4 is 57.6 Å². The second-order valence-electron chi connectivity index (χ2n) is 17.3. The third-order valence-corrected chi connectivity index (χ3v) is 23.3. The summed E-state index contributed by atoms with van der Waals surface area (Å²) in [6, 6.07) is 83.1. The van der Waals surface area contributed by atoms with E-state index in [4.69, 9.17) is 19.4 Å². The summed E-state index contributed by atoms with van der Waals surface area (Å²) < 4.78 is 14.4. The van der Waals surface area contributed by atoms with E-state index in [1.54, 1.807) is 0 Å². The molecule has 1 aromatic heterocycles. The van der Waals surface area contributed by atoms with Crippen molar-refractivity contribution in [2.24, 2.45) is 0 Å². The molecule has 0 spiro atoms. The minimum atomic E-state index is -2.93. The summed E-state index contributed by atoms with van der Waals surface area (Å²) in [7, 11) is -5.86. The van der Waals surface area contributed by atoms with Gasteiger partial charge in [0.1, 0.15) is 23.0 Å². The first-order valence-corrected chi connectivity index (χ1v) is 26.6. The highest BCUT2D eigenvalue weighted by atomic mass is 28.3. The molecule has 0 amide bonds. The van der Waals surface area contributed by atoms with E-state index in [2.05, 4.69) is 244 Å². The van der Waals surface area contributed by atoms with Crippen molar-refractivity contribution in [1.82, 2.24) is 9.97 Å². The van der Waals surface area contributed by atoms with Gasteiger partial charge in [-0.25, -0.2) is 9.97 Å². The molecular formula is C60H44N2O2Si2. The first kappa shape index (κ1) is 39.7. The molecule has 66 heavy (non-hydrogen) atoms. The number of ether oxygens (including phenoxy) is 2. The molecule has 0 unspecified atom stereocenters. The fourth-order valence-electron chi connectivity index (χ4n) is 10.9. The molecule has 6 heteroatoms. The second kappa shape index (κ2) is 16.0. The third kappa shape index (κ3) is 6.03. The molecule has 0 saturated heterocycles. The molecule has 0 aliphatic carbocycles. The maximum absolute atomic E-state index is 7.21. The molecule has 0 radical (unpaired) electrons. The summed E-state index contributed by atoms with van der Waals surface area (Å²) in [6.07, 6.45) is 0. The quantitative estimate of drug-likeness (QED) is 0.150. The van der Waals surface area contributed by atoms with Crippen LogP contribution in [0.3, 0.4) is 0 Å². The average Bonchev–Trinajstić information content (AvgIpc) is 3.38. The molecular weight excluding hydrogens is 837 g/mol. The Balaban J connectivity index is 1.15. The van der Waals surface area contributed by atoms with Gasteiger partial charge in [-0.05, 0) is 96.8 Å². The minimum Gasteiger partial charge on any atom is -0.457 e. The summed E-state index contributed by atoms with van der Waals surface area (Å²) in [5.74, 6) is 4.05. The lowest BCUT2D eigenvalue weighted by atomic mass is 10.0. The maximum atomic E-state index is 7.21. The van der Waals surface area contributed by atoms with Crippen molar-refractivity contribution in [3.8, 4) is 56.9 Å². The molecule has 314 valence electrons. The highest BCUT2D eigenvalue weighted by Gasteiger charge is 2.50. The number of rotatable bonds is 7. The van der Waals surface area contributed by atoms with Crippen molar-refractivity contribution in [1.29, 1.82) is 0 Å². The van der Waals surface area contributed by atoms with E-state index >= 15 is 0 Å². The van der Waals surface area contributed by atoms with Crippen molar-refractivity contribution < 1.29 is 9.47 Å². The summed E-state index contributed by atoms with van der Waals surface area (Å²) in [6.45, 7) is 4.29. The zero-order chi connectivity index (χ0) is 44.2. The van der Waals surface area contributed by atoms with Gasteiger partial charge < -0.3 is 9.47 Å². The zero-order valence-electron chi connectivity index (χ0n) is 36.7. The highest BCUT2D eigenvalue weighted by molar-refractivity contribution is 7.21. The number of hydrogen-bond acceptors (Lipinski definition) is 4. The van der Waals surface area contributed by atoms with Crippen molar-refractivity contribution in [3.05, 3.63) is 242 Å². The number of aromatic nitrogens is 2. The van der Waals surface area contributed by atoms with Crippen LogP contribution in [0.25, 0.3) is 33.9 Å². The fraction of sp³-hybridized carbons (Fsp3) is 0.0333. The molecule has 10 aromatic rings. The van der Waals surface area contributed by atoms with Gasteiger partial charge in [-0.15, -0.1) is 0 Å². The van der Waals surface area contributed by atoms with Crippen LogP contribution in [0, 0.1) is 13.8 Å². The van der Waals surface area contributed by atoms with Crippen LogP contribution in [0.1, 0.15) is 11.1 Å². The predicted molar refractivity (Wildman–Crippen MR) is 275 cm³/mol. The standard InChI is InChI=1S/C60H44N2O2Si2/c1-41-22-19-23-42(2)57(41)60-61-49(47-32-20-38-55-58(47)63-51-34-15-17-36-53(51)65(55,43-24-7-3-8-25-43)44-26-9-4-10-27-44)40-50(62-60)48-33-21-39-56-59(48)64-52-35-16-18-37-54(52)66(56,45-28-11-5-12-29-45)46-30-13-6-14-31-46/h3-40H,1-2H3. The van der Waals surface area contributed by atoms with Crippen LogP contribution in [0.15, 0.2) is 231 Å². The SMILES string of the molecule is Cc1cccc(C)c1-c1nc(-c2cccc3c2Oc2ccccc2[Si]3(c2ccccc2)c2ccccc2)cc(-c2cccc3c2Oc2ccccc2[Si]3(c2ccccc2)c2ccccc2)n1. The first-order valence-electron chi connectivity index (χ1n) is 22.6. The minimum absolute atomic E-state index is 0.657. The van der Waals surface area contributed by atoms with E-state index in [1.807, 2.05) is 0 Å². The normalized spacial score (nSPS) is 13.8. The molecule has 0 fully saturated rings. The van der Waals surface area contributed by atoms with Crippen LogP contribution in [0.5, 0.6) is 23.0 Å². The molecule has 9 aromatic carbocycles. The summed E-state index contributed by atoms with van der Waals surface area (Å²) in [4.78, 5) is 11.1. The van der Waals surface area contributed by atoms with Crippen molar-refractivity contribution in [2.75, 3.05) is 0 Å². The van der Waals surface area contributed by atoms with Crippen LogP contribution < -0.4 is 51.0 Å². The van der Waals surface area contributed by atoms with E-state index in [-0.39, 0.29) is 0 Å². The smallest absolute Gasteiger partial charge is 0.188 e. The monoisotopic (exact) mass is 880 g/mol. The molecule has 2 aliphatic rings. The third-order valence-electron chi connectivity index (χ3n) is 13.7. The Kier molecular flexibility index (Phi) is 9.59. The lowest BCUT2D eigenvalue weighted by Gasteiger charge is -2.40. The predicted octanol–water partition coefficient (Wildman–Crippen LogP) is 9.06. The van der Waals surface area contributed by atoms with Gasteiger partial charge in [0, 0.05) is 16.7 Å². The second-order valence-corrected chi connectivity index (χ2v) is 24.7. The van der Waals surface area contributed by atoms with Crippen molar-refractivity contribution in [2.45, 2.75) is 13.8 Å². The molecule has 0 atom stereocenters. The summed E-state index contributed by atoms with van der Waals surface area (Å²) in [5, 5.41) is 10.00. The van der Waals surface area contributed by atoms with Crippen LogP contribution in [0.2, 0.25) is 0 Å². The molecule has 0 saturated carbocycles. The van der Waals surface area contributed by atoms with Gasteiger partial charge in [0.15, 0.2) is 22.0 Å². The van der Waals surface area contributed by atoms with Gasteiger partial charge in [-0.3, -0.25) is 0 Å². The number of aryl methyl sites for hydroxylation is 2. The Bertz CT molecular complexity index is 3150. The van der Waals surface area contributed by atoms with Gasteiger partial charge in [-0.1, -0.05) is 200 Å². The Labute approximate surface area is 387 Å². The zero-order valence-corrected chi connectivity index (χ0v) is 38.7. The molecule has 2 aliphatic heterocycles. The maximum Gasteiger partial charge on any atom is 0.188 e. The number of nitrogens with zero attached hydrogens (tertiary/aromatic N) is 2. The van der Waals surface area contributed by atoms with E-state index in [9.17, 15) is 0 Å². The Morgan fingerprint density at radius 3 is 1.06 bits per heavy atom. The van der Waals surface area contributed by atoms with Crippen LogP contribution >= 0.6 is 0 Å². The lowest BCUT2D eigenvalue weighted by Crippen LogP contribution is -2.76. The van der Waals surface area contributed by atoms with Crippen LogP contribution in [-0.4, -0.2) is 26.1 Å². The lowest BCUT2D eigenvalue weighted by molar-refractivity contribution is 0.488. The molecule has 0 N–H and O–H groups in total. The first-order chi connectivity index (χ1) is 32.6. The number of para-hydroxylation sites is 4. The van der Waals surface area contributed by atoms with Gasteiger partial charge in [0.2, 0.25) is 0 Å². The van der Waals surface area contributed by atoms with E-state index in [0.29, 0.717) is 5.82 Å². The summed E-state index contributed by atoms with van der Waals surface area (Å²) in [5.41, 5.74) is 6.62. The van der Waals surface area contributed by atoms with Gasteiger partial charge >= 0.3 is 0 Å². The Hall–Kier alpha value is -7.91. The van der Waals surface area contributed by atoms with E-state index in [1.165, 1.54) is 41.5 Å². The molecule has 12 rings (SSSR count). The highest BCUT2D eigenvalue weighted by Crippen LogP contribution is 2.42. The topological polar surface area (TPSA) is 44.2 Å². The van der Waals surface area contributed by atoms with Gasteiger partial charge in [0.25, 0.3) is 0 Å². The number of benzene rings is 9. The molecule has 4 nitrogen and oxygen atoms in total. The van der Waals surface area contributed by atoms with Gasteiger partial charge in [-0.2, -0.15) is 0 Å².